The number of carbonyl (C=O) groups is 1. The Morgan fingerprint density at radius 2 is 2.05 bits per heavy atom. The van der Waals surface area contributed by atoms with Crippen molar-refractivity contribution in [3.63, 3.8) is 0 Å². The average Bonchev–Trinajstić information content (AvgIpc) is 2.89. The Morgan fingerprint density at radius 1 is 1.50 bits per heavy atom. The number of rotatable bonds is 4. The summed E-state index contributed by atoms with van der Waals surface area (Å²) in [6.45, 7) is 7.46. The molecule has 5 heteroatoms. The van der Waals surface area contributed by atoms with Gasteiger partial charge in [0.25, 0.3) is 0 Å². The first-order chi connectivity index (χ1) is 8.99. The molecule has 20 heavy (non-hydrogen) atoms. The van der Waals surface area contributed by atoms with Gasteiger partial charge in [0.1, 0.15) is 5.60 Å². The molecular formula is C15H24BrClO3. The zero-order chi connectivity index (χ0) is 15.3. The maximum absolute atomic E-state index is 12.1. The largest absolute Gasteiger partial charge is 0.382 e. The minimum absolute atomic E-state index is 0.0329. The molecule has 5 atom stereocenters. The lowest BCUT2D eigenvalue weighted by atomic mass is 9.70. The molecule has 0 radical (unpaired) electrons. The molecule has 0 aromatic heterocycles. The van der Waals surface area contributed by atoms with Gasteiger partial charge in [0, 0.05) is 11.2 Å². The monoisotopic (exact) mass is 366 g/mol. The lowest BCUT2D eigenvalue weighted by Gasteiger charge is -2.43. The Balaban J connectivity index is 2.11. The van der Waals surface area contributed by atoms with Crippen LogP contribution >= 0.6 is 27.5 Å². The molecule has 3 nitrogen and oxygen atoms in total. The van der Waals surface area contributed by atoms with Crippen molar-refractivity contribution in [1.29, 1.82) is 0 Å². The van der Waals surface area contributed by atoms with Crippen molar-refractivity contribution in [2.75, 3.05) is 0 Å². The van der Waals surface area contributed by atoms with Crippen molar-refractivity contribution in [3.8, 4) is 0 Å². The summed E-state index contributed by atoms with van der Waals surface area (Å²) < 4.78 is 5.56. The molecule has 0 aromatic rings. The number of carbonyl (C=O) groups excluding carboxylic acids is 1. The molecule has 1 N–H and O–H groups in total. The fourth-order valence-corrected chi connectivity index (χ4v) is 4.04. The van der Waals surface area contributed by atoms with Crippen LogP contribution < -0.4 is 0 Å². The molecule has 1 aliphatic heterocycles. The van der Waals surface area contributed by atoms with Crippen molar-refractivity contribution in [1.82, 2.24) is 0 Å². The first-order valence-electron chi connectivity index (χ1n) is 7.23. The van der Waals surface area contributed by atoms with Crippen molar-refractivity contribution in [2.24, 2.45) is 5.92 Å². The van der Waals surface area contributed by atoms with Gasteiger partial charge in [-0.15, -0.1) is 11.6 Å². The minimum Gasteiger partial charge on any atom is -0.382 e. The van der Waals surface area contributed by atoms with Gasteiger partial charge >= 0.3 is 0 Å². The number of ether oxygens (including phenoxy) is 1. The van der Waals surface area contributed by atoms with Crippen molar-refractivity contribution in [3.05, 3.63) is 0 Å². The van der Waals surface area contributed by atoms with Crippen LogP contribution in [0.1, 0.15) is 53.4 Å². The fraction of sp³-hybridized carbons (Fsp3) is 0.933. The van der Waals surface area contributed by atoms with E-state index in [0.29, 0.717) is 12.8 Å². The number of epoxide rings is 1. The topological polar surface area (TPSA) is 49.8 Å². The molecule has 2 aliphatic rings. The van der Waals surface area contributed by atoms with Crippen molar-refractivity contribution < 1.29 is 14.6 Å². The van der Waals surface area contributed by atoms with Gasteiger partial charge < -0.3 is 9.84 Å². The summed E-state index contributed by atoms with van der Waals surface area (Å²) in [6, 6.07) is 0. The van der Waals surface area contributed by atoms with Gasteiger partial charge in [0.05, 0.1) is 16.6 Å². The summed E-state index contributed by atoms with van der Waals surface area (Å²) in [5, 5.41) is 11.0. The Kier molecular flexibility index (Phi) is 4.36. The van der Waals surface area contributed by atoms with Crippen LogP contribution in [0.15, 0.2) is 0 Å². The van der Waals surface area contributed by atoms with Crippen molar-refractivity contribution >= 4 is 33.3 Å². The highest BCUT2D eigenvalue weighted by molar-refractivity contribution is 9.09. The lowest BCUT2D eigenvalue weighted by molar-refractivity contribution is -0.144. The smallest absolute Gasteiger partial charge is 0.161 e. The molecule has 116 valence electrons. The zero-order valence-corrected chi connectivity index (χ0v) is 14.9. The van der Waals surface area contributed by atoms with Gasteiger partial charge in [-0.05, 0) is 52.9 Å². The highest BCUT2D eigenvalue weighted by Crippen LogP contribution is 2.49. The van der Waals surface area contributed by atoms with Crippen LogP contribution in [0.3, 0.4) is 0 Å². The standard InChI is InChI=1S/C15H24BrClO3/c1-9(18)15(19,8-12-13(2,3)20-12)10-5-6-14(4,17)11(16)7-10/h10-12,19H,5-8H2,1-4H3. The predicted molar refractivity (Wildman–Crippen MR) is 83.5 cm³/mol. The molecule has 1 saturated carbocycles. The molecular weight excluding hydrogens is 344 g/mol. The normalized spacial score (nSPS) is 42.9. The van der Waals surface area contributed by atoms with E-state index >= 15 is 0 Å². The SMILES string of the molecule is CC(=O)C(O)(CC1OC1(C)C)C1CCC(C)(Cl)C(Br)C1. The third-order valence-electron chi connectivity index (χ3n) is 5.07. The number of alkyl halides is 2. The molecule has 0 aromatic carbocycles. The molecule has 2 fully saturated rings. The Labute approximate surface area is 134 Å². The first-order valence-corrected chi connectivity index (χ1v) is 8.52. The number of ketones is 1. The molecule has 0 spiro atoms. The average molecular weight is 368 g/mol. The maximum atomic E-state index is 12.1. The summed E-state index contributed by atoms with van der Waals surface area (Å²) in [5.41, 5.74) is -1.51. The molecule has 5 unspecified atom stereocenters. The van der Waals surface area contributed by atoms with Crippen LogP contribution in [-0.4, -0.2) is 37.9 Å². The van der Waals surface area contributed by atoms with Crippen LogP contribution in [0, 0.1) is 5.92 Å². The summed E-state index contributed by atoms with van der Waals surface area (Å²) in [7, 11) is 0. The number of halogens is 2. The fourth-order valence-electron chi connectivity index (χ4n) is 3.16. The van der Waals surface area contributed by atoms with E-state index in [1.165, 1.54) is 6.92 Å². The highest BCUT2D eigenvalue weighted by atomic mass is 79.9. The van der Waals surface area contributed by atoms with E-state index in [0.717, 1.165) is 12.8 Å². The van der Waals surface area contributed by atoms with Crippen LogP contribution in [-0.2, 0) is 9.53 Å². The molecule has 1 saturated heterocycles. The summed E-state index contributed by atoms with van der Waals surface area (Å²) >= 11 is 10.1. The lowest BCUT2D eigenvalue weighted by Crippen LogP contribution is -2.51. The van der Waals surface area contributed by atoms with Gasteiger partial charge in [-0.25, -0.2) is 0 Å². The van der Waals surface area contributed by atoms with Gasteiger partial charge in [-0.2, -0.15) is 0 Å². The van der Waals surface area contributed by atoms with E-state index in [2.05, 4.69) is 15.9 Å². The molecule has 2 rings (SSSR count). The number of hydrogen-bond acceptors (Lipinski definition) is 3. The van der Waals surface area contributed by atoms with Gasteiger partial charge in [0.2, 0.25) is 0 Å². The van der Waals surface area contributed by atoms with E-state index in [9.17, 15) is 9.90 Å². The van der Waals surface area contributed by atoms with E-state index in [-0.39, 0.29) is 33.1 Å². The van der Waals surface area contributed by atoms with Crippen LogP contribution in [0.2, 0.25) is 0 Å². The maximum Gasteiger partial charge on any atom is 0.161 e. The Morgan fingerprint density at radius 3 is 2.45 bits per heavy atom. The van der Waals surface area contributed by atoms with E-state index in [1.807, 2.05) is 20.8 Å². The third-order valence-corrected chi connectivity index (χ3v) is 7.17. The first kappa shape index (κ1) is 16.7. The second kappa shape index (κ2) is 5.22. The third kappa shape index (κ3) is 3.08. The number of Topliss-reactive ketones (excluding diaryl/α,β-unsaturated/α-hetero) is 1. The van der Waals surface area contributed by atoms with Gasteiger partial charge in [-0.1, -0.05) is 15.9 Å². The summed E-state index contributed by atoms with van der Waals surface area (Å²) in [5.74, 6) is -0.220. The van der Waals surface area contributed by atoms with Crippen LogP contribution in [0.25, 0.3) is 0 Å². The second-order valence-corrected chi connectivity index (χ2v) is 9.08. The van der Waals surface area contributed by atoms with E-state index in [1.54, 1.807) is 0 Å². The zero-order valence-electron chi connectivity index (χ0n) is 12.6. The van der Waals surface area contributed by atoms with Gasteiger partial charge in [0.15, 0.2) is 5.78 Å². The summed E-state index contributed by atoms with van der Waals surface area (Å²) in [6.07, 6.45) is 2.63. The second-order valence-electron chi connectivity index (χ2n) is 7.11. The Bertz CT molecular complexity index is 410. The molecule has 1 heterocycles. The number of aliphatic hydroxyl groups is 1. The van der Waals surface area contributed by atoms with Crippen molar-refractivity contribution in [2.45, 2.75) is 80.4 Å². The van der Waals surface area contributed by atoms with Crippen LogP contribution in [0.5, 0.6) is 0 Å². The van der Waals surface area contributed by atoms with Gasteiger partial charge in [-0.3, -0.25) is 4.79 Å². The highest BCUT2D eigenvalue weighted by Gasteiger charge is 2.56. The van der Waals surface area contributed by atoms with E-state index in [4.69, 9.17) is 16.3 Å². The molecule has 0 amide bonds. The summed E-state index contributed by atoms with van der Waals surface area (Å²) in [4.78, 5) is 11.9. The quantitative estimate of drug-likeness (QED) is 0.612. The minimum atomic E-state index is -1.29. The predicted octanol–water partition coefficient (Wildman–Crippen LogP) is 3.44. The molecule has 0 bridgehead atoms. The van der Waals surface area contributed by atoms with E-state index < -0.39 is 5.60 Å². The van der Waals surface area contributed by atoms with Crippen LogP contribution in [0.4, 0.5) is 0 Å². The Hall–Kier alpha value is 0.360. The number of hydrogen-bond donors (Lipinski definition) is 1. The molecule has 1 aliphatic carbocycles.